The van der Waals surface area contributed by atoms with Crippen molar-refractivity contribution < 1.29 is 13.5 Å². The maximum Gasteiger partial charge on any atom is 0.240 e. The van der Waals surface area contributed by atoms with Crippen molar-refractivity contribution in [1.29, 1.82) is 0 Å². The predicted molar refractivity (Wildman–Crippen MR) is 81.3 cm³/mol. The summed E-state index contributed by atoms with van der Waals surface area (Å²) in [5, 5.41) is 12.6. The SMILES string of the molecule is CCCNS(=O)(=O)c1ccc(NC(C)(CC)CO)cc1. The lowest BCUT2D eigenvalue weighted by molar-refractivity contribution is 0.219. The minimum absolute atomic E-state index is 0.0155. The molecular formula is C14H24N2O3S. The molecule has 0 spiro atoms. The van der Waals surface area contributed by atoms with Crippen molar-refractivity contribution in [2.45, 2.75) is 44.0 Å². The Morgan fingerprint density at radius 3 is 2.25 bits per heavy atom. The van der Waals surface area contributed by atoms with E-state index in [2.05, 4.69) is 10.0 Å². The normalized spacial score (nSPS) is 14.8. The molecule has 0 aromatic heterocycles. The van der Waals surface area contributed by atoms with Crippen molar-refractivity contribution in [3.05, 3.63) is 24.3 Å². The molecule has 0 amide bonds. The van der Waals surface area contributed by atoms with Crippen molar-refractivity contribution in [3.8, 4) is 0 Å². The van der Waals surface area contributed by atoms with Crippen LogP contribution in [0.5, 0.6) is 0 Å². The molecule has 3 N–H and O–H groups in total. The van der Waals surface area contributed by atoms with E-state index in [1.807, 2.05) is 20.8 Å². The summed E-state index contributed by atoms with van der Waals surface area (Å²) in [6.45, 7) is 6.26. The van der Waals surface area contributed by atoms with Gasteiger partial charge < -0.3 is 10.4 Å². The van der Waals surface area contributed by atoms with Crippen LogP contribution in [-0.4, -0.2) is 32.2 Å². The maximum absolute atomic E-state index is 11.9. The highest BCUT2D eigenvalue weighted by molar-refractivity contribution is 7.89. The van der Waals surface area contributed by atoms with E-state index in [-0.39, 0.29) is 11.5 Å². The summed E-state index contributed by atoms with van der Waals surface area (Å²) in [6.07, 6.45) is 1.52. The molecule has 0 saturated carbocycles. The van der Waals surface area contributed by atoms with Gasteiger partial charge in [0, 0.05) is 12.2 Å². The average molecular weight is 300 g/mol. The highest BCUT2D eigenvalue weighted by Gasteiger charge is 2.20. The molecule has 1 unspecified atom stereocenters. The number of aliphatic hydroxyl groups is 1. The molecule has 6 heteroatoms. The summed E-state index contributed by atoms with van der Waals surface area (Å²) >= 11 is 0. The fourth-order valence-corrected chi connectivity index (χ4v) is 2.76. The van der Waals surface area contributed by atoms with Crippen LogP contribution >= 0.6 is 0 Å². The summed E-state index contributed by atoms with van der Waals surface area (Å²) in [5.74, 6) is 0. The van der Waals surface area contributed by atoms with Crippen LogP contribution in [0.15, 0.2) is 29.2 Å². The average Bonchev–Trinajstić information content (AvgIpc) is 2.45. The van der Waals surface area contributed by atoms with Crippen molar-refractivity contribution >= 4 is 15.7 Å². The lowest BCUT2D eigenvalue weighted by Crippen LogP contribution is -2.37. The zero-order chi connectivity index (χ0) is 15.2. The minimum Gasteiger partial charge on any atom is -0.394 e. The zero-order valence-electron chi connectivity index (χ0n) is 12.3. The number of rotatable bonds is 8. The van der Waals surface area contributed by atoms with Gasteiger partial charge in [0.2, 0.25) is 10.0 Å². The molecule has 0 aliphatic carbocycles. The Morgan fingerprint density at radius 2 is 1.80 bits per heavy atom. The number of benzene rings is 1. The van der Waals surface area contributed by atoms with Gasteiger partial charge in [0.1, 0.15) is 0 Å². The van der Waals surface area contributed by atoms with Gasteiger partial charge in [-0.25, -0.2) is 13.1 Å². The molecule has 0 fully saturated rings. The molecule has 1 aromatic rings. The van der Waals surface area contributed by atoms with E-state index in [1.54, 1.807) is 24.3 Å². The van der Waals surface area contributed by atoms with E-state index in [9.17, 15) is 13.5 Å². The van der Waals surface area contributed by atoms with Crippen LogP contribution in [0.1, 0.15) is 33.6 Å². The van der Waals surface area contributed by atoms with Gasteiger partial charge in [-0.05, 0) is 44.0 Å². The molecule has 5 nitrogen and oxygen atoms in total. The monoisotopic (exact) mass is 300 g/mol. The second-order valence-electron chi connectivity index (χ2n) is 5.12. The highest BCUT2D eigenvalue weighted by atomic mass is 32.2. The first-order chi connectivity index (χ1) is 9.37. The van der Waals surface area contributed by atoms with Gasteiger partial charge in [-0.1, -0.05) is 13.8 Å². The van der Waals surface area contributed by atoms with Crippen LogP contribution in [0, 0.1) is 0 Å². The Morgan fingerprint density at radius 1 is 1.20 bits per heavy atom. The van der Waals surface area contributed by atoms with E-state index >= 15 is 0 Å². The molecule has 0 heterocycles. The fourth-order valence-electron chi connectivity index (χ4n) is 1.63. The third-order valence-electron chi connectivity index (χ3n) is 3.28. The largest absolute Gasteiger partial charge is 0.394 e. The molecule has 0 aliphatic rings. The quantitative estimate of drug-likeness (QED) is 0.685. The van der Waals surface area contributed by atoms with Crippen molar-refractivity contribution in [3.63, 3.8) is 0 Å². The first-order valence-electron chi connectivity index (χ1n) is 6.85. The van der Waals surface area contributed by atoms with Gasteiger partial charge in [-0.2, -0.15) is 0 Å². The van der Waals surface area contributed by atoms with Gasteiger partial charge >= 0.3 is 0 Å². The Labute approximate surface area is 121 Å². The molecule has 114 valence electrons. The minimum atomic E-state index is -3.42. The summed E-state index contributed by atoms with van der Waals surface area (Å²) in [7, 11) is -3.42. The van der Waals surface area contributed by atoms with Gasteiger partial charge in [0.25, 0.3) is 0 Å². The van der Waals surface area contributed by atoms with Crippen molar-refractivity contribution in [1.82, 2.24) is 4.72 Å². The fraction of sp³-hybridized carbons (Fsp3) is 0.571. The van der Waals surface area contributed by atoms with E-state index < -0.39 is 15.6 Å². The molecule has 1 aromatic carbocycles. The third-order valence-corrected chi connectivity index (χ3v) is 4.76. The van der Waals surface area contributed by atoms with E-state index in [0.717, 1.165) is 18.5 Å². The molecule has 1 rings (SSSR count). The molecule has 1 atom stereocenters. The molecule has 0 radical (unpaired) electrons. The lowest BCUT2D eigenvalue weighted by Gasteiger charge is -2.28. The molecular weight excluding hydrogens is 276 g/mol. The smallest absolute Gasteiger partial charge is 0.240 e. The summed E-state index contributed by atoms with van der Waals surface area (Å²) in [6, 6.07) is 6.55. The number of sulfonamides is 1. The Kier molecular flexibility index (Phi) is 5.98. The van der Waals surface area contributed by atoms with Crippen LogP contribution in [-0.2, 0) is 10.0 Å². The van der Waals surface area contributed by atoms with Crippen LogP contribution in [0.3, 0.4) is 0 Å². The highest BCUT2D eigenvalue weighted by Crippen LogP contribution is 2.20. The standard InChI is InChI=1S/C14H24N2O3S/c1-4-10-15-20(18,19)13-8-6-12(7-9-13)16-14(3,5-2)11-17/h6-9,15-17H,4-5,10-11H2,1-3H3. The summed E-state index contributed by atoms with van der Waals surface area (Å²) in [4.78, 5) is 0.249. The second kappa shape index (κ2) is 7.06. The van der Waals surface area contributed by atoms with Crippen molar-refractivity contribution in [2.75, 3.05) is 18.5 Å². The first kappa shape index (κ1) is 16.9. The summed E-state index contributed by atoms with van der Waals surface area (Å²) in [5.41, 5.74) is 0.388. The number of hydrogen-bond acceptors (Lipinski definition) is 4. The molecule has 0 bridgehead atoms. The molecule has 20 heavy (non-hydrogen) atoms. The van der Waals surface area contributed by atoms with Crippen LogP contribution < -0.4 is 10.0 Å². The maximum atomic E-state index is 11.9. The predicted octanol–water partition coefficient (Wildman–Crippen LogP) is 1.95. The number of anilines is 1. The van der Waals surface area contributed by atoms with Gasteiger partial charge in [0.05, 0.1) is 17.0 Å². The van der Waals surface area contributed by atoms with Gasteiger partial charge in [-0.3, -0.25) is 0 Å². The number of hydrogen-bond donors (Lipinski definition) is 3. The first-order valence-corrected chi connectivity index (χ1v) is 8.34. The van der Waals surface area contributed by atoms with Crippen LogP contribution in [0.25, 0.3) is 0 Å². The van der Waals surface area contributed by atoms with E-state index in [4.69, 9.17) is 0 Å². The topological polar surface area (TPSA) is 78.4 Å². The Bertz CT molecular complexity index is 508. The van der Waals surface area contributed by atoms with Gasteiger partial charge in [0.15, 0.2) is 0 Å². The zero-order valence-corrected chi connectivity index (χ0v) is 13.1. The number of aliphatic hydroxyl groups excluding tert-OH is 1. The molecule has 0 saturated heterocycles. The van der Waals surface area contributed by atoms with E-state index in [1.165, 1.54) is 0 Å². The number of nitrogens with one attached hydrogen (secondary N) is 2. The third kappa shape index (κ3) is 4.47. The van der Waals surface area contributed by atoms with Crippen molar-refractivity contribution in [2.24, 2.45) is 0 Å². The lowest BCUT2D eigenvalue weighted by atomic mass is 10.00. The summed E-state index contributed by atoms with van der Waals surface area (Å²) < 4.78 is 26.4. The molecule has 0 aliphatic heterocycles. The second-order valence-corrected chi connectivity index (χ2v) is 6.89. The van der Waals surface area contributed by atoms with Crippen LogP contribution in [0.2, 0.25) is 0 Å². The Hall–Kier alpha value is -1.11. The van der Waals surface area contributed by atoms with Gasteiger partial charge in [-0.15, -0.1) is 0 Å². The Balaban J connectivity index is 2.84. The van der Waals surface area contributed by atoms with Crippen LogP contribution in [0.4, 0.5) is 5.69 Å². The van der Waals surface area contributed by atoms with E-state index in [0.29, 0.717) is 6.54 Å².